The third-order valence-corrected chi connectivity index (χ3v) is 3.60. The fraction of sp³-hybridized carbons (Fsp3) is 0.357. The van der Waals surface area contributed by atoms with Gasteiger partial charge < -0.3 is 15.2 Å². The molecule has 2 N–H and O–H groups in total. The SMILES string of the molecule is CCOc1cc(-c2nc(C(C)N)cs2)ccc1OC(F)F. The van der Waals surface area contributed by atoms with Crippen LogP contribution in [-0.2, 0) is 0 Å². The van der Waals surface area contributed by atoms with Crippen molar-refractivity contribution in [3.63, 3.8) is 0 Å². The van der Waals surface area contributed by atoms with Crippen LogP contribution in [0, 0.1) is 0 Å². The Morgan fingerprint density at radius 2 is 2.10 bits per heavy atom. The summed E-state index contributed by atoms with van der Waals surface area (Å²) in [6.45, 7) is 1.09. The van der Waals surface area contributed by atoms with Gasteiger partial charge in [-0.15, -0.1) is 11.3 Å². The van der Waals surface area contributed by atoms with Crippen molar-refractivity contribution < 1.29 is 18.3 Å². The van der Waals surface area contributed by atoms with Gasteiger partial charge in [-0.2, -0.15) is 8.78 Å². The number of hydrogen-bond donors (Lipinski definition) is 1. The number of aromatic nitrogens is 1. The van der Waals surface area contributed by atoms with Crippen molar-refractivity contribution in [1.82, 2.24) is 4.98 Å². The Morgan fingerprint density at radius 1 is 1.33 bits per heavy atom. The second-order valence-corrected chi connectivity index (χ2v) is 5.20. The lowest BCUT2D eigenvalue weighted by Gasteiger charge is -2.12. The van der Waals surface area contributed by atoms with Gasteiger partial charge >= 0.3 is 6.61 Å². The minimum absolute atomic E-state index is 0.0135. The van der Waals surface area contributed by atoms with Gasteiger partial charge in [0, 0.05) is 17.0 Å². The summed E-state index contributed by atoms with van der Waals surface area (Å²) in [7, 11) is 0. The number of hydrogen-bond acceptors (Lipinski definition) is 5. The van der Waals surface area contributed by atoms with Gasteiger partial charge in [-0.3, -0.25) is 0 Å². The molecule has 2 aromatic rings. The first-order chi connectivity index (χ1) is 10.0. The monoisotopic (exact) mass is 314 g/mol. The molecule has 1 unspecified atom stereocenters. The molecule has 0 amide bonds. The Bertz CT molecular complexity index is 602. The van der Waals surface area contributed by atoms with Crippen LogP contribution in [0.4, 0.5) is 8.78 Å². The molecule has 0 fully saturated rings. The molecule has 0 aliphatic heterocycles. The molecule has 0 bridgehead atoms. The molecule has 1 aromatic heterocycles. The average Bonchev–Trinajstić information content (AvgIpc) is 2.90. The zero-order chi connectivity index (χ0) is 15.4. The zero-order valence-electron chi connectivity index (χ0n) is 11.7. The highest BCUT2D eigenvalue weighted by Gasteiger charge is 2.14. The summed E-state index contributed by atoms with van der Waals surface area (Å²) in [6.07, 6.45) is 0. The number of ether oxygens (including phenoxy) is 2. The van der Waals surface area contributed by atoms with E-state index in [1.165, 1.54) is 17.4 Å². The van der Waals surface area contributed by atoms with Crippen LogP contribution in [0.1, 0.15) is 25.6 Å². The van der Waals surface area contributed by atoms with Gasteiger partial charge in [-0.1, -0.05) is 0 Å². The van der Waals surface area contributed by atoms with Crippen LogP contribution in [0.3, 0.4) is 0 Å². The molecule has 0 saturated carbocycles. The van der Waals surface area contributed by atoms with Gasteiger partial charge in [0.05, 0.1) is 12.3 Å². The van der Waals surface area contributed by atoms with E-state index in [0.29, 0.717) is 6.61 Å². The number of rotatable bonds is 6. The van der Waals surface area contributed by atoms with Crippen LogP contribution in [0.5, 0.6) is 11.5 Å². The molecular weight excluding hydrogens is 298 g/mol. The van der Waals surface area contributed by atoms with Crippen LogP contribution in [0.15, 0.2) is 23.6 Å². The number of nitrogens with zero attached hydrogens (tertiary/aromatic N) is 1. The average molecular weight is 314 g/mol. The predicted molar refractivity (Wildman–Crippen MR) is 78.0 cm³/mol. The molecule has 2 rings (SSSR count). The number of alkyl halides is 2. The lowest BCUT2D eigenvalue weighted by Crippen LogP contribution is -2.05. The molecule has 1 aromatic carbocycles. The van der Waals surface area contributed by atoms with Crippen LogP contribution in [0.2, 0.25) is 0 Å². The minimum Gasteiger partial charge on any atom is -0.490 e. The lowest BCUT2D eigenvalue weighted by atomic mass is 10.2. The topological polar surface area (TPSA) is 57.4 Å². The summed E-state index contributed by atoms with van der Waals surface area (Å²) in [4.78, 5) is 4.42. The van der Waals surface area contributed by atoms with Gasteiger partial charge in [-0.05, 0) is 32.0 Å². The third kappa shape index (κ3) is 3.89. The third-order valence-electron chi connectivity index (χ3n) is 2.70. The quantitative estimate of drug-likeness (QED) is 0.880. The number of nitrogens with two attached hydrogens (primary N) is 1. The second kappa shape index (κ2) is 6.82. The molecule has 21 heavy (non-hydrogen) atoms. The van der Waals surface area contributed by atoms with E-state index in [2.05, 4.69) is 9.72 Å². The minimum atomic E-state index is -2.89. The van der Waals surface area contributed by atoms with E-state index in [4.69, 9.17) is 10.5 Å². The summed E-state index contributed by atoms with van der Waals surface area (Å²) < 4.78 is 34.5. The van der Waals surface area contributed by atoms with Crippen molar-refractivity contribution in [2.24, 2.45) is 5.73 Å². The molecule has 0 aliphatic rings. The van der Waals surface area contributed by atoms with Crippen molar-refractivity contribution in [3.05, 3.63) is 29.3 Å². The van der Waals surface area contributed by atoms with Crippen molar-refractivity contribution in [2.75, 3.05) is 6.61 Å². The molecule has 0 aliphatic carbocycles. The molecule has 0 saturated heterocycles. The molecule has 114 valence electrons. The van der Waals surface area contributed by atoms with Crippen molar-refractivity contribution in [1.29, 1.82) is 0 Å². The van der Waals surface area contributed by atoms with Gasteiger partial charge in [-0.25, -0.2) is 4.98 Å². The predicted octanol–water partition coefficient (Wildman–Crippen LogP) is 3.83. The van der Waals surface area contributed by atoms with E-state index in [-0.39, 0.29) is 17.5 Å². The summed E-state index contributed by atoms with van der Waals surface area (Å²) >= 11 is 1.44. The molecule has 4 nitrogen and oxygen atoms in total. The van der Waals surface area contributed by atoms with E-state index in [0.717, 1.165) is 16.3 Å². The van der Waals surface area contributed by atoms with Crippen LogP contribution < -0.4 is 15.2 Å². The Morgan fingerprint density at radius 3 is 2.67 bits per heavy atom. The van der Waals surface area contributed by atoms with Gasteiger partial charge in [0.15, 0.2) is 11.5 Å². The van der Waals surface area contributed by atoms with E-state index in [1.807, 2.05) is 12.3 Å². The summed E-state index contributed by atoms with van der Waals surface area (Å²) in [5, 5.41) is 2.64. The normalized spacial score (nSPS) is 12.5. The summed E-state index contributed by atoms with van der Waals surface area (Å²) in [5.41, 5.74) is 7.35. The maximum atomic E-state index is 12.4. The highest BCUT2D eigenvalue weighted by molar-refractivity contribution is 7.13. The van der Waals surface area contributed by atoms with E-state index in [1.54, 1.807) is 19.1 Å². The number of halogens is 2. The summed E-state index contributed by atoms with van der Waals surface area (Å²) in [5.74, 6) is 0.285. The fourth-order valence-corrected chi connectivity index (χ4v) is 2.65. The number of thiazole rings is 1. The van der Waals surface area contributed by atoms with Crippen molar-refractivity contribution >= 4 is 11.3 Å². The Kier molecular flexibility index (Phi) is 5.08. The molecule has 0 spiro atoms. The van der Waals surface area contributed by atoms with Gasteiger partial charge in [0.2, 0.25) is 0 Å². The first-order valence-electron chi connectivity index (χ1n) is 6.44. The van der Waals surface area contributed by atoms with Crippen molar-refractivity contribution in [2.45, 2.75) is 26.5 Å². The standard InChI is InChI=1S/C14H16F2N2O2S/c1-3-19-12-6-9(4-5-11(12)20-14(15)16)13-18-10(7-21-13)8(2)17/h4-8,14H,3,17H2,1-2H3. The Hall–Kier alpha value is -1.73. The van der Waals surface area contributed by atoms with Gasteiger partial charge in [0.25, 0.3) is 0 Å². The maximum absolute atomic E-state index is 12.4. The molecule has 1 heterocycles. The highest BCUT2D eigenvalue weighted by Crippen LogP contribution is 2.35. The molecule has 1 atom stereocenters. The van der Waals surface area contributed by atoms with Crippen molar-refractivity contribution in [3.8, 4) is 22.1 Å². The zero-order valence-corrected chi connectivity index (χ0v) is 12.5. The number of benzene rings is 1. The first kappa shape index (κ1) is 15.7. The van der Waals surface area contributed by atoms with Crippen LogP contribution >= 0.6 is 11.3 Å². The van der Waals surface area contributed by atoms with E-state index < -0.39 is 6.61 Å². The Labute approximate surface area is 125 Å². The fourth-order valence-electron chi connectivity index (χ4n) is 1.73. The van der Waals surface area contributed by atoms with Crippen LogP contribution in [0.25, 0.3) is 10.6 Å². The van der Waals surface area contributed by atoms with Gasteiger partial charge in [0.1, 0.15) is 5.01 Å². The molecule has 0 radical (unpaired) electrons. The molecule has 7 heteroatoms. The summed E-state index contributed by atoms with van der Waals surface area (Å²) in [6, 6.07) is 4.62. The molecular formula is C14H16F2N2O2S. The van der Waals surface area contributed by atoms with E-state index in [9.17, 15) is 8.78 Å². The largest absolute Gasteiger partial charge is 0.490 e. The lowest BCUT2D eigenvalue weighted by molar-refractivity contribution is -0.0514. The maximum Gasteiger partial charge on any atom is 0.387 e. The van der Waals surface area contributed by atoms with E-state index >= 15 is 0 Å². The first-order valence-corrected chi connectivity index (χ1v) is 7.32. The smallest absolute Gasteiger partial charge is 0.387 e. The second-order valence-electron chi connectivity index (χ2n) is 4.34. The highest BCUT2D eigenvalue weighted by atomic mass is 32.1. The van der Waals surface area contributed by atoms with Crippen LogP contribution in [-0.4, -0.2) is 18.2 Å². The Balaban J connectivity index is 2.33.